The Morgan fingerprint density at radius 2 is 2.00 bits per heavy atom. The number of nitrogens with two attached hydrogens (primary N) is 1. The average molecular weight is 245 g/mol. The average Bonchev–Trinajstić information content (AvgIpc) is 2.39. The molecule has 0 amide bonds. The first kappa shape index (κ1) is 12.1. The zero-order valence-corrected chi connectivity index (χ0v) is 10.3. The van der Waals surface area contributed by atoms with Gasteiger partial charge in [0.05, 0.1) is 13.2 Å². The normalized spacial score (nSPS) is 11.9. The minimum Gasteiger partial charge on any atom is -0.481 e. The van der Waals surface area contributed by atoms with Crippen LogP contribution in [0.4, 0.5) is 11.8 Å². The van der Waals surface area contributed by atoms with Crippen LogP contribution in [0.5, 0.6) is 5.88 Å². The van der Waals surface area contributed by atoms with Crippen LogP contribution in [0, 0.1) is 0 Å². The van der Waals surface area contributed by atoms with Crippen LogP contribution >= 0.6 is 0 Å². The highest BCUT2D eigenvalue weighted by molar-refractivity contribution is 5.44. The second kappa shape index (κ2) is 5.31. The minimum absolute atomic E-state index is 0.0898. The van der Waals surface area contributed by atoms with E-state index in [0.29, 0.717) is 11.7 Å². The van der Waals surface area contributed by atoms with Crippen LogP contribution in [0.25, 0.3) is 0 Å². The van der Waals surface area contributed by atoms with E-state index < -0.39 is 0 Å². The van der Waals surface area contributed by atoms with E-state index >= 15 is 0 Å². The zero-order valence-electron chi connectivity index (χ0n) is 10.3. The number of rotatable bonds is 4. The van der Waals surface area contributed by atoms with Crippen molar-refractivity contribution >= 4 is 11.8 Å². The molecule has 0 saturated heterocycles. The molecule has 0 saturated carbocycles. The van der Waals surface area contributed by atoms with Gasteiger partial charge in [-0.15, -0.1) is 0 Å². The van der Waals surface area contributed by atoms with E-state index in [1.807, 2.05) is 19.1 Å². The number of ether oxygens (including phenoxy) is 1. The van der Waals surface area contributed by atoms with Crippen molar-refractivity contribution < 1.29 is 4.74 Å². The molecule has 2 aromatic heterocycles. The number of nitrogens with zero attached hydrogens (tertiary/aromatic N) is 3. The standard InChI is InChI=1S/C12H15N5O/c1-8(9-3-5-14-6-4-9)15-10-7-11(18-2)17-12(13)16-10/h3-8H,1-2H3,(H3,13,15,16,17). The SMILES string of the molecule is COc1cc(NC(C)c2ccncc2)nc(N)n1. The van der Waals surface area contributed by atoms with Gasteiger partial charge in [0.25, 0.3) is 0 Å². The Hall–Kier alpha value is -2.37. The number of aromatic nitrogens is 3. The number of hydrogen-bond donors (Lipinski definition) is 2. The van der Waals surface area contributed by atoms with Gasteiger partial charge < -0.3 is 15.8 Å². The van der Waals surface area contributed by atoms with E-state index in [-0.39, 0.29) is 12.0 Å². The molecule has 0 aliphatic rings. The third-order valence-corrected chi connectivity index (χ3v) is 2.50. The molecule has 0 radical (unpaired) electrons. The lowest BCUT2D eigenvalue weighted by molar-refractivity contribution is 0.398. The Balaban J connectivity index is 2.16. The fourth-order valence-electron chi connectivity index (χ4n) is 1.58. The third-order valence-electron chi connectivity index (χ3n) is 2.50. The van der Waals surface area contributed by atoms with Crippen LogP contribution in [0.2, 0.25) is 0 Å². The first-order chi connectivity index (χ1) is 8.69. The fourth-order valence-corrected chi connectivity index (χ4v) is 1.58. The number of methoxy groups -OCH3 is 1. The molecule has 1 unspecified atom stereocenters. The maximum absolute atomic E-state index is 5.60. The molecule has 0 spiro atoms. The maximum atomic E-state index is 5.60. The summed E-state index contributed by atoms with van der Waals surface area (Å²) in [7, 11) is 1.54. The molecular formula is C12H15N5O. The van der Waals surface area contributed by atoms with Gasteiger partial charge in [-0.1, -0.05) is 0 Å². The Morgan fingerprint density at radius 1 is 1.28 bits per heavy atom. The van der Waals surface area contributed by atoms with Gasteiger partial charge in [-0.3, -0.25) is 4.98 Å². The topological polar surface area (TPSA) is 86.0 Å². The van der Waals surface area contributed by atoms with E-state index in [2.05, 4.69) is 20.3 Å². The lowest BCUT2D eigenvalue weighted by Gasteiger charge is -2.15. The summed E-state index contributed by atoms with van der Waals surface area (Å²) in [5, 5.41) is 3.23. The third kappa shape index (κ3) is 2.85. The molecule has 2 aromatic rings. The Kier molecular flexibility index (Phi) is 3.57. The zero-order chi connectivity index (χ0) is 13.0. The smallest absolute Gasteiger partial charge is 0.225 e. The molecule has 94 valence electrons. The number of nitrogen functional groups attached to an aromatic ring is 1. The molecule has 2 heterocycles. The van der Waals surface area contributed by atoms with E-state index in [1.54, 1.807) is 18.5 Å². The van der Waals surface area contributed by atoms with Crippen molar-refractivity contribution in [3.63, 3.8) is 0 Å². The van der Waals surface area contributed by atoms with Crippen molar-refractivity contribution in [3.05, 3.63) is 36.2 Å². The van der Waals surface area contributed by atoms with E-state index in [1.165, 1.54) is 7.11 Å². The quantitative estimate of drug-likeness (QED) is 0.851. The molecule has 0 aliphatic heterocycles. The number of pyridine rings is 1. The molecule has 6 heteroatoms. The lowest BCUT2D eigenvalue weighted by Crippen LogP contribution is -2.09. The van der Waals surface area contributed by atoms with Crippen molar-refractivity contribution in [2.75, 3.05) is 18.2 Å². The van der Waals surface area contributed by atoms with Gasteiger partial charge in [0, 0.05) is 18.5 Å². The number of hydrogen-bond acceptors (Lipinski definition) is 6. The predicted molar refractivity (Wildman–Crippen MR) is 69.3 cm³/mol. The molecule has 6 nitrogen and oxygen atoms in total. The molecule has 18 heavy (non-hydrogen) atoms. The van der Waals surface area contributed by atoms with Crippen LogP contribution in [0.3, 0.4) is 0 Å². The van der Waals surface area contributed by atoms with Gasteiger partial charge in [0.15, 0.2) is 0 Å². The monoisotopic (exact) mass is 245 g/mol. The highest BCUT2D eigenvalue weighted by Crippen LogP contribution is 2.20. The van der Waals surface area contributed by atoms with Crippen LogP contribution in [0.1, 0.15) is 18.5 Å². The molecule has 0 bridgehead atoms. The van der Waals surface area contributed by atoms with Crippen molar-refractivity contribution in [1.29, 1.82) is 0 Å². The Bertz CT molecular complexity index is 517. The molecule has 0 aliphatic carbocycles. The first-order valence-corrected chi connectivity index (χ1v) is 5.54. The summed E-state index contributed by atoms with van der Waals surface area (Å²) < 4.78 is 5.04. The second-order valence-electron chi connectivity index (χ2n) is 3.80. The van der Waals surface area contributed by atoms with Crippen LogP contribution in [0.15, 0.2) is 30.6 Å². The summed E-state index contributed by atoms with van der Waals surface area (Å²) in [6.07, 6.45) is 3.50. The van der Waals surface area contributed by atoms with Gasteiger partial charge in [0.1, 0.15) is 5.82 Å². The van der Waals surface area contributed by atoms with Crippen LogP contribution < -0.4 is 15.8 Å². The summed E-state index contributed by atoms with van der Waals surface area (Å²) in [5.41, 5.74) is 6.71. The van der Waals surface area contributed by atoms with Crippen molar-refractivity contribution in [2.24, 2.45) is 0 Å². The van der Waals surface area contributed by atoms with Gasteiger partial charge in [-0.05, 0) is 24.6 Å². The highest BCUT2D eigenvalue weighted by Gasteiger charge is 2.08. The van der Waals surface area contributed by atoms with Gasteiger partial charge in [-0.2, -0.15) is 9.97 Å². The van der Waals surface area contributed by atoms with Crippen molar-refractivity contribution in [3.8, 4) is 5.88 Å². The Labute approximate surface area is 105 Å². The summed E-state index contributed by atoms with van der Waals surface area (Å²) in [4.78, 5) is 12.0. The van der Waals surface area contributed by atoms with Gasteiger partial charge in [-0.25, -0.2) is 0 Å². The molecule has 0 fully saturated rings. The highest BCUT2D eigenvalue weighted by atomic mass is 16.5. The molecule has 0 aromatic carbocycles. The summed E-state index contributed by atoms with van der Waals surface area (Å²) >= 11 is 0. The largest absolute Gasteiger partial charge is 0.481 e. The maximum Gasteiger partial charge on any atom is 0.225 e. The Morgan fingerprint density at radius 3 is 2.67 bits per heavy atom. The van der Waals surface area contributed by atoms with Crippen molar-refractivity contribution in [1.82, 2.24) is 15.0 Å². The van der Waals surface area contributed by atoms with Gasteiger partial charge in [0.2, 0.25) is 11.8 Å². The predicted octanol–water partition coefficient (Wildman–Crippen LogP) is 1.64. The molecule has 2 rings (SSSR count). The van der Waals surface area contributed by atoms with E-state index in [9.17, 15) is 0 Å². The van der Waals surface area contributed by atoms with E-state index in [0.717, 1.165) is 5.56 Å². The van der Waals surface area contributed by atoms with Crippen molar-refractivity contribution in [2.45, 2.75) is 13.0 Å². The minimum atomic E-state index is 0.0898. The summed E-state index contributed by atoms with van der Waals surface area (Å²) in [6.45, 7) is 2.03. The molecule has 3 N–H and O–H groups in total. The number of anilines is 2. The second-order valence-corrected chi connectivity index (χ2v) is 3.80. The first-order valence-electron chi connectivity index (χ1n) is 5.54. The van der Waals surface area contributed by atoms with Crippen LogP contribution in [-0.2, 0) is 0 Å². The fraction of sp³-hybridized carbons (Fsp3) is 0.250. The molecule has 1 atom stereocenters. The summed E-state index contributed by atoms with van der Waals surface area (Å²) in [6, 6.07) is 5.68. The van der Waals surface area contributed by atoms with Gasteiger partial charge >= 0.3 is 0 Å². The van der Waals surface area contributed by atoms with Crippen LogP contribution in [-0.4, -0.2) is 22.1 Å². The lowest BCUT2D eigenvalue weighted by atomic mass is 10.1. The number of nitrogens with one attached hydrogen (secondary N) is 1. The molecular weight excluding hydrogens is 230 g/mol. The van der Waals surface area contributed by atoms with E-state index in [4.69, 9.17) is 10.5 Å². The summed E-state index contributed by atoms with van der Waals surface area (Å²) in [5.74, 6) is 1.24.